The van der Waals surface area contributed by atoms with E-state index in [1.165, 1.54) is 25.7 Å². The standard InChI is InChI=1S/C12H22N2O/c1-14-9-3-2-4-11(12(14)15)10-5-7-13-8-6-10/h10-11,13H,2-9H2,1H3. The Bertz CT molecular complexity index is 224. The van der Waals surface area contributed by atoms with Crippen LogP contribution in [0.5, 0.6) is 0 Å². The Balaban J connectivity index is 2.00. The van der Waals surface area contributed by atoms with Crippen LogP contribution >= 0.6 is 0 Å². The summed E-state index contributed by atoms with van der Waals surface area (Å²) >= 11 is 0. The van der Waals surface area contributed by atoms with Gasteiger partial charge >= 0.3 is 0 Å². The van der Waals surface area contributed by atoms with E-state index < -0.39 is 0 Å². The van der Waals surface area contributed by atoms with Crippen molar-refractivity contribution in [2.45, 2.75) is 32.1 Å². The number of piperidine rings is 1. The van der Waals surface area contributed by atoms with E-state index in [0.29, 0.717) is 17.7 Å². The Morgan fingerprint density at radius 3 is 2.67 bits per heavy atom. The van der Waals surface area contributed by atoms with Gasteiger partial charge in [0.1, 0.15) is 0 Å². The quantitative estimate of drug-likeness (QED) is 0.706. The van der Waals surface area contributed by atoms with Crippen LogP contribution in [-0.2, 0) is 4.79 Å². The monoisotopic (exact) mass is 210 g/mol. The number of hydrogen-bond acceptors (Lipinski definition) is 2. The highest BCUT2D eigenvalue weighted by Gasteiger charge is 2.32. The fraction of sp³-hybridized carbons (Fsp3) is 0.917. The van der Waals surface area contributed by atoms with Gasteiger partial charge in [-0.2, -0.15) is 0 Å². The van der Waals surface area contributed by atoms with E-state index in [1.54, 1.807) is 0 Å². The van der Waals surface area contributed by atoms with Crippen LogP contribution in [0.3, 0.4) is 0 Å². The molecule has 0 spiro atoms. The number of hydrogen-bond donors (Lipinski definition) is 1. The molecule has 3 nitrogen and oxygen atoms in total. The van der Waals surface area contributed by atoms with Gasteiger partial charge in [-0.15, -0.1) is 0 Å². The van der Waals surface area contributed by atoms with Crippen molar-refractivity contribution in [3.63, 3.8) is 0 Å². The molecule has 2 rings (SSSR count). The van der Waals surface area contributed by atoms with Gasteiger partial charge in [0.2, 0.25) is 5.91 Å². The molecule has 15 heavy (non-hydrogen) atoms. The van der Waals surface area contributed by atoms with Gasteiger partial charge in [0.15, 0.2) is 0 Å². The molecule has 2 aliphatic heterocycles. The Morgan fingerprint density at radius 1 is 1.20 bits per heavy atom. The fourth-order valence-corrected chi connectivity index (χ4v) is 2.91. The van der Waals surface area contributed by atoms with Gasteiger partial charge in [0.25, 0.3) is 0 Å². The van der Waals surface area contributed by atoms with Gasteiger partial charge < -0.3 is 10.2 Å². The maximum absolute atomic E-state index is 12.2. The molecule has 0 bridgehead atoms. The molecule has 1 unspecified atom stereocenters. The maximum Gasteiger partial charge on any atom is 0.225 e. The lowest BCUT2D eigenvalue weighted by Gasteiger charge is -2.30. The molecule has 2 aliphatic rings. The largest absolute Gasteiger partial charge is 0.346 e. The molecule has 2 heterocycles. The molecule has 0 radical (unpaired) electrons. The lowest BCUT2D eigenvalue weighted by Crippen LogP contribution is -2.39. The molecule has 0 aliphatic carbocycles. The minimum Gasteiger partial charge on any atom is -0.346 e. The van der Waals surface area contributed by atoms with Crippen LogP contribution in [0.4, 0.5) is 0 Å². The molecule has 0 aromatic rings. The molecule has 86 valence electrons. The summed E-state index contributed by atoms with van der Waals surface area (Å²) in [4.78, 5) is 14.1. The third-order valence-electron chi connectivity index (χ3n) is 3.90. The number of nitrogens with one attached hydrogen (secondary N) is 1. The molecule has 1 atom stereocenters. The third kappa shape index (κ3) is 2.51. The summed E-state index contributed by atoms with van der Waals surface area (Å²) in [5.74, 6) is 1.36. The van der Waals surface area contributed by atoms with E-state index in [9.17, 15) is 4.79 Å². The summed E-state index contributed by atoms with van der Waals surface area (Å²) in [6.45, 7) is 3.15. The van der Waals surface area contributed by atoms with Crippen LogP contribution in [0.2, 0.25) is 0 Å². The van der Waals surface area contributed by atoms with Crippen molar-refractivity contribution in [2.24, 2.45) is 11.8 Å². The van der Waals surface area contributed by atoms with Gasteiger partial charge in [-0.1, -0.05) is 6.42 Å². The van der Waals surface area contributed by atoms with Crippen molar-refractivity contribution in [1.29, 1.82) is 0 Å². The number of rotatable bonds is 1. The molecule has 1 N–H and O–H groups in total. The van der Waals surface area contributed by atoms with Crippen LogP contribution in [0, 0.1) is 11.8 Å². The Morgan fingerprint density at radius 2 is 1.93 bits per heavy atom. The highest BCUT2D eigenvalue weighted by atomic mass is 16.2. The van der Waals surface area contributed by atoms with Crippen LogP contribution < -0.4 is 5.32 Å². The molecular weight excluding hydrogens is 188 g/mol. The first kappa shape index (κ1) is 10.9. The lowest BCUT2D eigenvalue weighted by atomic mass is 9.81. The minimum absolute atomic E-state index is 0.319. The summed E-state index contributed by atoms with van der Waals surface area (Å²) in [5.41, 5.74) is 0. The average molecular weight is 210 g/mol. The number of carbonyl (C=O) groups excluding carboxylic acids is 1. The van der Waals surface area contributed by atoms with E-state index >= 15 is 0 Å². The molecule has 2 saturated heterocycles. The summed E-state index contributed by atoms with van der Waals surface area (Å²) < 4.78 is 0. The second-order valence-corrected chi connectivity index (χ2v) is 4.95. The van der Waals surface area contributed by atoms with Crippen LogP contribution in [0.15, 0.2) is 0 Å². The maximum atomic E-state index is 12.2. The highest BCUT2D eigenvalue weighted by Crippen LogP contribution is 2.29. The normalized spacial score (nSPS) is 30.3. The highest BCUT2D eigenvalue weighted by molar-refractivity contribution is 5.79. The van der Waals surface area contributed by atoms with Gasteiger partial charge in [-0.05, 0) is 44.7 Å². The SMILES string of the molecule is CN1CCCCC(C2CCNCC2)C1=O. The number of carbonyl (C=O) groups is 1. The molecule has 0 aromatic carbocycles. The summed E-state index contributed by atoms with van der Waals surface area (Å²) in [5, 5.41) is 3.37. The summed E-state index contributed by atoms with van der Waals surface area (Å²) in [7, 11) is 1.96. The van der Waals surface area contributed by atoms with Crippen molar-refractivity contribution in [1.82, 2.24) is 10.2 Å². The lowest BCUT2D eigenvalue weighted by molar-refractivity contribution is -0.135. The van der Waals surface area contributed by atoms with Crippen molar-refractivity contribution < 1.29 is 4.79 Å². The van der Waals surface area contributed by atoms with E-state index in [4.69, 9.17) is 0 Å². The molecule has 0 saturated carbocycles. The number of amides is 1. The first-order valence-electron chi connectivity index (χ1n) is 6.25. The van der Waals surface area contributed by atoms with Gasteiger partial charge in [-0.25, -0.2) is 0 Å². The van der Waals surface area contributed by atoms with Gasteiger partial charge in [-0.3, -0.25) is 4.79 Å². The van der Waals surface area contributed by atoms with E-state index in [2.05, 4.69) is 5.32 Å². The predicted octanol–water partition coefficient (Wildman–Crippen LogP) is 1.24. The van der Waals surface area contributed by atoms with E-state index in [-0.39, 0.29) is 0 Å². The van der Waals surface area contributed by atoms with Crippen molar-refractivity contribution in [2.75, 3.05) is 26.7 Å². The zero-order valence-electron chi connectivity index (χ0n) is 9.67. The first-order valence-corrected chi connectivity index (χ1v) is 6.25. The molecular formula is C12H22N2O. The van der Waals surface area contributed by atoms with E-state index in [0.717, 1.165) is 26.1 Å². The zero-order valence-corrected chi connectivity index (χ0v) is 9.67. The predicted molar refractivity (Wildman–Crippen MR) is 60.6 cm³/mol. The molecule has 1 amide bonds. The molecule has 0 aromatic heterocycles. The summed E-state index contributed by atoms with van der Waals surface area (Å²) in [6.07, 6.45) is 5.90. The van der Waals surface area contributed by atoms with Gasteiger partial charge in [0, 0.05) is 19.5 Å². The third-order valence-corrected chi connectivity index (χ3v) is 3.90. The smallest absolute Gasteiger partial charge is 0.225 e. The number of likely N-dealkylation sites (tertiary alicyclic amines) is 1. The second-order valence-electron chi connectivity index (χ2n) is 4.95. The number of nitrogens with zero attached hydrogens (tertiary/aromatic N) is 1. The van der Waals surface area contributed by atoms with Crippen molar-refractivity contribution in [3.05, 3.63) is 0 Å². The Labute approximate surface area is 92.2 Å². The fourth-order valence-electron chi connectivity index (χ4n) is 2.91. The first-order chi connectivity index (χ1) is 7.29. The second kappa shape index (κ2) is 4.97. The minimum atomic E-state index is 0.319. The topological polar surface area (TPSA) is 32.3 Å². The van der Waals surface area contributed by atoms with E-state index in [1.807, 2.05) is 11.9 Å². The van der Waals surface area contributed by atoms with Crippen LogP contribution in [0.25, 0.3) is 0 Å². The van der Waals surface area contributed by atoms with Crippen molar-refractivity contribution >= 4 is 5.91 Å². The zero-order chi connectivity index (χ0) is 10.7. The van der Waals surface area contributed by atoms with Gasteiger partial charge in [0.05, 0.1) is 0 Å². The van der Waals surface area contributed by atoms with Crippen LogP contribution in [0.1, 0.15) is 32.1 Å². The van der Waals surface area contributed by atoms with Crippen molar-refractivity contribution in [3.8, 4) is 0 Å². The Kier molecular flexibility index (Phi) is 3.62. The average Bonchev–Trinajstić information content (AvgIpc) is 2.44. The Hall–Kier alpha value is -0.570. The van der Waals surface area contributed by atoms with Crippen LogP contribution in [-0.4, -0.2) is 37.5 Å². The molecule has 2 fully saturated rings. The summed E-state index contributed by atoms with van der Waals surface area (Å²) in [6, 6.07) is 0. The molecule has 3 heteroatoms.